The molecule has 0 aliphatic heterocycles. The molecular weight excluding hydrogens is 344 g/mol. The maximum absolute atomic E-state index is 13.5. The number of halogens is 4. The van der Waals surface area contributed by atoms with E-state index in [4.69, 9.17) is 17.3 Å². The summed E-state index contributed by atoms with van der Waals surface area (Å²) in [7, 11) is 0. The van der Waals surface area contributed by atoms with Crippen LogP contribution in [0.15, 0.2) is 28.7 Å². The molecule has 1 aromatic carbocycles. The van der Waals surface area contributed by atoms with E-state index in [-0.39, 0.29) is 6.04 Å². The topological polar surface area (TPSA) is 26.0 Å². The zero-order chi connectivity index (χ0) is 13.3. The number of thiophene rings is 1. The van der Waals surface area contributed by atoms with E-state index in [1.54, 1.807) is 0 Å². The number of rotatable bonds is 3. The quantitative estimate of drug-likeness (QED) is 0.852. The van der Waals surface area contributed by atoms with Crippen LogP contribution in [0.25, 0.3) is 0 Å². The van der Waals surface area contributed by atoms with Crippen LogP contribution in [0.3, 0.4) is 0 Å². The Kier molecular flexibility index (Phi) is 4.37. The van der Waals surface area contributed by atoms with Gasteiger partial charge in [-0.05, 0) is 40.0 Å². The van der Waals surface area contributed by atoms with Crippen molar-refractivity contribution in [3.8, 4) is 0 Å². The van der Waals surface area contributed by atoms with Crippen LogP contribution in [0.2, 0.25) is 4.34 Å². The first-order valence-corrected chi connectivity index (χ1v) is 7.10. The van der Waals surface area contributed by atoms with Gasteiger partial charge in [0.2, 0.25) is 0 Å². The minimum absolute atomic E-state index is 0.301. The molecule has 0 fully saturated rings. The highest BCUT2D eigenvalue weighted by molar-refractivity contribution is 9.10. The van der Waals surface area contributed by atoms with E-state index in [0.717, 1.165) is 15.4 Å². The fourth-order valence-electron chi connectivity index (χ4n) is 1.57. The highest BCUT2D eigenvalue weighted by Gasteiger charge is 2.15. The molecule has 0 spiro atoms. The summed E-state index contributed by atoms with van der Waals surface area (Å²) in [5.74, 6) is -1.17. The van der Waals surface area contributed by atoms with E-state index < -0.39 is 11.6 Å². The molecule has 1 aromatic heterocycles. The molecule has 2 aromatic rings. The molecule has 18 heavy (non-hydrogen) atoms. The van der Waals surface area contributed by atoms with Crippen LogP contribution < -0.4 is 5.73 Å². The molecule has 0 aliphatic rings. The van der Waals surface area contributed by atoms with Gasteiger partial charge in [0.1, 0.15) is 16.0 Å². The first-order chi connectivity index (χ1) is 8.47. The second kappa shape index (κ2) is 5.65. The Bertz CT molecular complexity index is 554. The summed E-state index contributed by atoms with van der Waals surface area (Å²) in [6.45, 7) is 0. The van der Waals surface area contributed by atoms with Gasteiger partial charge in [0.15, 0.2) is 0 Å². The Morgan fingerprint density at radius 2 is 2.06 bits per heavy atom. The standard InChI is InChI=1S/C12H9BrClF2NS/c13-8-5-11(18-12(8)14)10(17)3-6-1-2-7(15)4-9(6)16/h1-2,4-5,10H,3,17H2. The summed E-state index contributed by atoms with van der Waals surface area (Å²) in [5.41, 5.74) is 6.38. The normalized spacial score (nSPS) is 12.7. The van der Waals surface area contributed by atoms with Gasteiger partial charge in [0, 0.05) is 21.5 Å². The molecule has 96 valence electrons. The van der Waals surface area contributed by atoms with Crippen molar-refractivity contribution in [2.45, 2.75) is 12.5 Å². The van der Waals surface area contributed by atoms with Crippen molar-refractivity contribution >= 4 is 38.9 Å². The van der Waals surface area contributed by atoms with E-state index >= 15 is 0 Å². The summed E-state index contributed by atoms with van der Waals surface area (Å²) in [6, 6.07) is 4.95. The molecule has 0 radical (unpaired) electrons. The Morgan fingerprint density at radius 1 is 1.33 bits per heavy atom. The fraction of sp³-hybridized carbons (Fsp3) is 0.167. The van der Waals surface area contributed by atoms with Gasteiger partial charge in [-0.2, -0.15) is 0 Å². The lowest BCUT2D eigenvalue weighted by atomic mass is 10.0. The largest absolute Gasteiger partial charge is 0.323 e. The summed E-state index contributed by atoms with van der Waals surface area (Å²) >= 11 is 10.6. The van der Waals surface area contributed by atoms with E-state index in [1.807, 2.05) is 6.07 Å². The second-order valence-electron chi connectivity index (χ2n) is 3.82. The smallest absolute Gasteiger partial charge is 0.129 e. The third-order valence-corrected chi connectivity index (χ3v) is 5.09. The Balaban J connectivity index is 2.18. The van der Waals surface area contributed by atoms with Gasteiger partial charge >= 0.3 is 0 Å². The van der Waals surface area contributed by atoms with E-state index in [0.29, 0.717) is 16.3 Å². The van der Waals surface area contributed by atoms with Gasteiger partial charge in [0.25, 0.3) is 0 Å². The molecule has 0 amide bonds. The summed E-state index contributed by atoms with van der Waals surface area (Å²) in [6.07, 6.45) is 0.301. The monoisotopic (exact) mass is 351 g/mol. The van der Waals surface area contributed by atoms with Gasteiger partial charge < -0.3 is 5.73 Å². The zero-order valence-electron chi connectivity index (χ0n) is 9.09. The number of hydrogen-bond donors (Lipinski definition) is 1. The molecule has 0 saturated heterocycles. The maximum atomic E-state index is 13.5. The number of hydrogen-bond acceptors (Lipinski definition) is 2. The summed E-state index contributed by atoms with van der Waals surface area (Å²) in [5, 5.41) is 0. The van der Waals surface area contributed by atoms with Crippen molar-refractivity contribution in [1.82, 2.24) is 0 Å². The van der Waals surface area contributed by atoms with E-state index in [2.05, 4.69) is 15.9 Å². The highest BCUT2D eigenvalue weighted by Crippen LogP contribution is 2.35. The lowest BCUT2D eigenvalue weighted by molar-refractivity contribution is 0.564. The average Bonchev–Trinajstić information content (AvgIpc) is 2.63. The Morgan fingerprint density at radius 3 is 2.61 bits per heavy atom. The second-order valence-corrected chi connectivity index (χ2v) is 6.36. The van der Waals surface area contributed by atoms with Crippen LogP contribution in [0.5, 0.6) is 0 Å². The molecule has 1 heterocycles. The molecule has 6 heteroatoms. The van der Waals surface area contributed by atoms with Crippen molar-refractivity contribution in [2.75, 3.05) is 0 Å². The molecule has 0 aliphatic carbocycles. The summed E-state index contributed by atoms with van der Waals surface area (Å²) < 4.78 is 27.6. The lowest BCUT2D eigenvalue weighted by Crippen LogP contribution is -2.12. The van der Waals surface area contributed by atoms with Crippen LogP contribution >= 0.6 is 38.9 Å². The third-order valence-electron chi connectivity index (χ3n) is 2.48. The van der Waals surface area contributed by atoms with Crippen molar-refractivity contribution < 1.29 is 8.78 Å². The molecule has 1 atom stereocenters. The van der Waals surface area contributed by atoms with Gasteiger partial charge in [-0.1, -0.05) is 17.7 Å². The molecule has 1 nitrogen and oxygen atoms in total. The number of nitrogens with two attached hydrogens (primary N) is 1. The molecule has 0 bridgehead atoms. The minimum Gasteiger partial charge on any atom is -0.323 e. The Hall–Kier alpha value is -0.490. The minimum atomic E-state index is -0.591. The van der Waals surface area contributed by atoms with Crippen molar-refractivity contribution in [2.24, 2.45) is 5.73 Å². The average molecular weight is 353 g/mol. The summed E-state index contributed by atoms with van der Waals surface area (Å²) in [4.78, 5) is 0.857. The fourth-order valence-corrected chi connectivity index (χ4v) is 3.31. The SMILES string of the molecule is NC(Cc1ccc(F)cc1F)c1cc(Br)c(Cl)s1. The van der Waals surface area contributed by atoms with Crippen LogP contribution in [0.1, 0.15) is 16.5 Å². The molecule has 2 N–H and O–H groups in total. The van der Waals surface area contributed by atoms with Crippen LogP contribution in [0, 0.1) is 11.6 Å². The van der Waals surface area contributed by atoms with Crippen LogP contribution in [0.4, 0.5) is 8.78 Å². The van der Waals surface area contributed by atoms with E-state index in [1.165, 1.54) is 23.5 Å². The maximum Gasteiger partial charge on any atom is 0.129 e. The van der Waals surface area contributed by atoms with Crippen molar-refractivity contribution in [1.29, 1.82) is 0 Å². The van der Waals surface area contributed by atoms with Crippen molar-refractivity contribution in [3.63, 3.8) is 0 Å². The Labute approximate surface area is 121 Å². The molecule has 1 unspecified atom stereocenters. The van der Waals surface area contributed by atoms with Crippen molar-refractivity contribution in [3.05, 3.63) is 55.1 Å². The van der Waals surface area contributed by atoms with E-state index in [9.17, 15) is 8.78 Å². The third kappa shape index (κ3) is 3.09. The molecule has 2 rings (SSSR count). The van der Waals surface area contributed by atoms with Gasteiger partial charge in [0.05, 0.1) is 0 Å². The van der Waals surface area contributed by atoms with Crippen LogP contribution in [-0.4, -0.2) is 0 Å². The lowest BCUT2D eigenvalue weighted by Gasteiger charge is -2.10. The highest BCUT2D eigenvalue weighted by atomic mass is 79.9. The van der Waals surface area contributed by atoms with Crippen LogP contribution in [-0.2, 0) is 6.42 Å². The predicted octanol–water partition coefficient (Wildman–Crippen LogP) is 4.68. The molecule has 0 saturated carbocycles. The predicted molar refractivity (Wildman–Crippen MR) is 74.0 cm³/mol. The van der Waals surface area contributed by atoms with Gasteiger partial charge in [-0.15, -0.1) is 11.3 Å². The first kappa shape index (κ1) is 13.9. The van der Waals surface area contributed by atoms with Gasteiger partial charge in [-0.3, -0.25) is 0 Å². The number of benzene rings is 1. The van der Waals surface area contributed by atoms with Gasteiger partial charge in [-0.25, -0.2) is 8.78 Å². The molecular formula is C12H9BrClF2NS. The zero-order valence-corrected chi connectivity index (χ0v) is 12.2. The first-order valence-electron chi connectivity index (χ1n) is 5.11.